The normalized spacial score (nSPS) is 9.61. The molecule has 0 atom stereocenters. The number of rotatable bonds is 3. The Morgan fingerprint density at radius 3 is 2.50 bits per heavy atom. The van der Waals surface area contributed by atoms with Crippen LogP contribution in [0.15, 0.2) is 18.2 Å². The van der Waals surface area contributed by atoms with Crippen molar-refractivity contribution < 1.29 is 19.1 Å². The lowest BCUT2D eigenvalue weighted by molar-refractivity contribution is -0.123. The van der Waals surface area contributed by atoms with Crippen LogP contribution in [0.2, 0.25) is 5.02 Å². The SMILES string of the molecule is NC(=O)NC(=O)COC(=O)c1cc(N)cc(Cl)c1. The monoisotopic (exact) mass is 271 g/mol. The molecule has 0 saturated heterocycles. The molecule has 0 saturated carbocycles. The molecule has 5 N–H and O–H groups in total. The van der Waals surface area contributed by atoms with Gasteiger partial charge in [-0.3, -0.25) is 10.1 Å². The number of carbonyl (C=O) groups excluding carboxylic acids is 3. The average Bonchev–Trinajstić information content (AvgIpc) is 2.23. The fourth-order valence-corrected chi connectivity index (χ4v) is 1.36. The lowest BCUT2D eigenvalue weighted by atomic mass is 10.2. The molecule has 0 aromatic heterocycles. The highest BCUT2D eigenvalue weighted by Crippen LogP contribution is 2.17. The summed E-state index contributed by atoms with van der Waals surface area (Å²) >= 11 is 5.70. The number of nitrogens with two attached hydrogens (primary N) is 2. The van der Waals surface area contributed by atoms with Crippen molar-refractivity contribution in [3.63, 3.8) is 0 Å². The van der Waals surface area contributed by atoms with Crippen molar-refractivity contribution in [2.75, 3.05) is 12.3 Å². The molecule has 0 radical (unpaired) electrons. The number of imide groups is 1. The second-order valence-electron chi connectivity index (χ2n) is 3.26. The number of nitrogen functional groups attached to an aromatic ring is 1. The number of anilines is 1. The molecule has 0 unspecified atom stereocenters. The topological polar surface area (TPSA) is 125 Å². The van der Waals surface area contributed by atoms with Crippen LogP contribution in [0.25, 0.3) is 0 Å². The second kappa shape index (κ2) is 5.87. The van der Waals surface area contributed by atoms with E-state index < -0.39 is 24.5 Å². The lowest BCUT2D eigenvalue weighted by Crippen LogP contribution is -2.37. The largest absolute Gasteiger partial charge is 0.452 e. The standard InChI is InChI=1S/C10H10ClN3O4/c11-6-1-5(2-7(12)3-6)9(16)18-4-8(15)14-10(13)17/h1-3H,4,12H2,(H3,13,14,15,17). The van der Waals surface area contributed by atoms with Gasteiger partial charge >= 0.3 is 12.0 Å². The predicted molar refractivity (Wildman–Crippen MR) is 63.9 cm³/mol. The van der Waals surface area contributed by atoms with Crippen molar-refractivity contribution in [1.29, 1.82) is 0 Å². The zero-order valence-electron chi connectivity index (χ0n) is 9.10. The summed E-state index contributed by atoms with van der Waals surface area (Å²) in [5.74, 6) is -1.62. The molecule has 18 heavy (non-hydrogen) atoms. The highest BCUT2D eigenvalue weighted by molar-refractivity contribution is 6.31. The van der Waals surface area contributed by atoms with Crippen molar-refractivity contribution in [3.05, 3.63) is 28.8 Å². The molecule has 0 spiro atoms. The summed E-state index contributed by atoms with van der Waals surface area (Å²) in [6, 6.07) is 3.12. The number of primary amides is 1. The minimum atomic E-state index is -1.02. The van der Waals surface area contributed by atoms with Gasteiger partial charge in [0.1, 0.15) is 0 Å². The van der Waals surface area contributed by atoms with Crippen LogP contribution < -0.4 is 16.8 Å². The quantitative estimate of drug-likeness (QED) is 0.538. The third-order valence-corrected chi connectivity index (χ3v) is 1.97. The molecule has 0 aliphatic carbocycles. The smallest absolute Gasteiger partial charge is 0.338 e. The number of halogens is 1. The average molecular weight is 272 g/mol. The minimum Gasteiger partial charge on any atom is -0.452 e. The van der Waals surface area contributed by atoms with E-state index in [0.29, 0.717) is 0 Å². The molecule has 7 nitrogen and oxygen atoms in total. The van der Waals surface area contributed by atoms with Gasteiger partial charge in [-0.25, -0.2) is 9.59 Å². The summed E-state index contributed by atoms with van der Waals surface area (Å²) in [7, 11) is 0. The zero-order valence-corrected chi connectivity index (χ0v) is 9.86. The molecule has 1 rings (SSSR count). The van der Waals surface area contributed by atoms with E-state index in [0.717, 1.165) is 0 Å². The summed E-state index contributed by atoms with van der Waals surface area (Å²) in [5, 5.41) is 2.01. The van der Waals surface area contributed by atoms with Gasteiger partial charge in [-0.05, 0) is 18.2 Å². The number of carbonyl (C=O) groups is 3. The number of hydrogen-bond acceptors (Lipinski definition) is 5. The van der Waals surface area contributed by atoms with Crippen LogP contribution in [-0.2, 0) is 9.53 Å². The van der Waals surface area contributed by atoms with Gasteiger partial charge < -0.3 is 16.2 Å². The van der Waals surface area contributed by atoms with E-state index in [2.05, 4.69) is 4.74 Å². The Hall–Kier alpha value is -2.28. The van der Waals surface area contributed by atoms with Crippen molar-refractivity contribution in [2.45, 2.75) is 0 Å². The van der Waals surface area contributed by atoms with Crippen molar-refractivity contribution in [3.8, 4) is 0 Å². The van der Waals surface area contributed by atoms with Crippen LogP contribution in [0, 0.1) is 0 Å². The molecule has 0 heterocycles. The number of nitrogens with one attached hydrogen (secondary N) is 1. The van der Waals surface area contributed by atoms with Crippen molar-refractivity contribution in [2.24, 2.45) is 5.73 Å². The Morgan fingerprint density at radius 1 is 1.28 bits per heavy atom. The van der Waals surface area contributed by atoms with Crippen molar-refractivity contribution in [1.82, 2.24) is 5.32 Å². The first-order chi connectivity index (χ1) is 8.38. The molecule has 8 heteroatoms. The molecule has 1 aromatic carbocycles. The maximum absolute atomic E-state index is 11.5. The zero-order chi connectivity index (χ0) is 13.7. The maximum atomic E-state index is 11.5. The fourth-order valence-electron chi connectivity index (χ4n) is 1.12. The Balaban J connectivity index is 2.60. The third-order valence-electron chi connectivity index (χ3n) is 1.75. The van der Waals surface area contributed by atoms with Crippen LogP contribution in [-0.4, -0.2) is 24.5 Å². The van der Waals surface area contributed by atoms with E-state index in [4.69, 9.17) is 23.1 Å². The highest BCUT2D eigenvalue weighted by Gasteiger charge is 2.12. The van der Waals surface area contributed by atoms with Gasteiger partial charge in [-0.1, -0.05) is 11.6 Å². The van der Waals surface area contributed by atoms with Gasteiger partial charge in [0.2, 0.25) is 0 Å². The third kappa shape index (κ3) is 4.30. The summed E-state index contributed by atoms with van der Waals surface area (Å²) in [4.78, 5) is 32.8. The van der Waals surface area contributed by atoms with Crippen LogP contribution in [0.5, 0.6) is 0 Å². The van der Waals surface area contributed by atoms with E-state index >= 15 is 0 Å². The summed E-state index contributed by atoms with van der Waals surface area (Å²) in [6.45, 7) is -0.631. The van der Waals surface area contributed by atoms with Crippen LogP contribution in [0.1, 0.15) is 10.4 Å². The Labute approximate surface area is 107 Å². The molecule has 96 valence electrons. The number of ether oxygens (including phenoxy) is 1. The molecule has 0 bridgehead atoms. The molecule has 0 aliphatic rings. The number of urea groups is 1. The van der Waals surface area contributed by atoms with Crippen LogP contribution in [0.4, 0.5) is 10.5 Å². The predicted octanol–water partition coefficient (Wildman–Crippen LogP) is 0.274. The lowest BCUT2D eigenvalue weighted by Gasteiger charge is -2.05. The number of benzene rings is 1. The second-order valence-corrected chi connectivity index (χ2v) is 3.70. The van der Waals surface area contributed by atoms with E-state index in [9.17, 15) is 14.4 Å². The first kappa shape index (κ1) is 13.8. The van der Waals surface area contributed by atoms with E-state index in [1.807, 2.05) is 0 Å². The molecular weight excluding hydrogens is 262 g/mol. The van der Waals surface area contributed by atoms with E-state index in [-0.39, 0.29) is 16.3 Å². The van der Waals surface area contributed by atoms with E-state index in [1.54, 1.807) is 5.32 Å². The number of hydrogen-bond donors (Lipinski definition) is 3. The summed E-state index contributed by atoms with van der Waals surface area (Å²) < 4.78 is 4.63. The Kier molecular flexibility index (Phi) is 4.50. The van der Waals surface area contributed by atoms with Gasteiger partial charge in [-0.15, -0.1) is 0 Å². The van der Waals surface area contributed by atoms with Crippen LogP contribution in [0.3, 0.4) is 0 Å². The minimum absolute atomic E-state index is 0.104. The molecular formula is C10H10ClN3O4. The van der Waals surface area contributed by atoms with Gasteiger partial charge in [0.25, 0.3) is 5.91 Å². The van der Waals surface area contributed by atoms with Gasteiger partial charge in [0.05, 0.1) is 5.56 Å². The fraction of sp³-hybridized carbons (Fsp3) is 0.100. The Bertz CT molecular complexity index is 484. The Morgan fingerprint density at radius 2 is 1.94 bits per heavy atom. The van der Waals surface area contributed by atoms with E-state index in [1.165, 1.54) is 18.2 Å². The molecule has 3 amide bonds. The van der Waals surface area contributed by atoms with Gasteiger partial charge in [-0.2, -0.15) is 0 Å². The maximum Gasteiger partial charge on any atom is 0.338 e. The molecule has 0 aliphatic heterocycles. The molecule has 1 aromatic rings. The van der Waals surface area contributed by atoms with Gasteiger partial charge in [0.15, 0.2) is 6.61 Å². The van der Waals surface area contributed by atoms with Crippen LogP contribution >= 0.6 is 11.6 Å². The summed E-state index contributed by atoms with van der Waals surface area (Å²) in [6.07, 6.45) is 0. The summed E-state index contributed by atoms with van der Waals surface area (Å²) in [5.41, 5.74) is 10.6. The first-order valence-corrected chi connectivity index (χ1v) is 5.09. The van der Waals surface area contributed by atoms with Gasteiger partial charge in [0, 0.05) is 10.7 Å². The first-order valence-electron chi connectivity index (χ1n) is 4.71. The molecule has 0 fully saturated rings. The number of amides is 3. The number of esters is 1. The highest BCUT2D eigenvalue weighted by atomic mass is 35.5. The van der Waals surface area contributed by atoms with Crippen molar-refractivity contribution >= 4 is 35.2 Å².